The molecule has 0 atom stereocenters. The topological polar surface area (TPSA) is 58.9 Å². The SMILES string of the molecule is CCc1cnccc1-c1nc(C)cc(CO)n1. The maximum Gasteiger partial charge on any atom is 0.160 e. The normalized spacial score (nSPS) is 10.5. The standard InChI is InChI=1S/C13H15N3O/c1-3-10-7-14-5-4-12(10)13-15-9(2)6-11(8-17)16-13/h4-7,17H,3,8H2,1-2H3. The third-order valence-electron chi connectivity index (χ3n) is 2.59. The van der Waals surface area contributed by atoms with Crippen molar-refractivity contribution in [2.24, 2.45) is 0 Å². The molecule has 0 bridgehead atoms. The lowest BCUT2D eigenvalue weighted by atomic mass is 10.1. The van der Waals surface area contributed by atoms with Crippen LogP contribution in [0.2, 0.25) is 0 Å². The summed E-state index contributed by atoms with van der Waals surface area (Å²) >= 11 is 0. The molecule has 0 aromatic carbocycles. The fourth-order valence-corrected chi connectivity index (χ4v) is 1.76. The highest BCUT2D eigenvalue weighted by Gasteiger charge is 2.08. The molecule has 0 saturated heterocycles. The minimum absolute atomic E-state index is 0.0666. The molecule has 0 radical (unpaired) electrons. The Morgan fingerprint density at radius 3 is 2.82 bits per heavy atom. The molecule has 0 aliphatic rings. The van der Waals surface area contributed by atoms with E-state index < -0.39 is 0 Å². The zero-order valence-corrected chi connectivity index (χ0v) is 10.0. The Morgan fingerprint density at radius 1 is 1.29 bits per heavy atom. The van der Waals surface area contributed by atoms with Gasteiger partial charge in [-0.05, 0) is 31.0 Å². The van der Waals surface area contributed by atoms with Crippen molar-refractivity contribution in [2.45, 2.75) is 26.9 Å². The number of hydrogen-bond donors (Lipinski definition) is 1. The van der Waals surface area contributed by atoms with Crippen molar-refractivity contribution in [1.82, 2.24) is 15.0 Å². The fraction of sp³-hybridized carbons (Fsp3) is 0.308. The molecule has 4 nitrogen and oxygen atoms in total. The Bertz CT molecular complexity index is 526. The van der Waals surface area contributed by atoms with Gasteiger partial charge in [-0.3, -0.25) is 4.98 Å². The summed E-state index contributed by atoms with van der Waals surface area (Å²) in [5.74, 6) is 0.660. The molecule has 0 aliphatic carbocycles. The van der Waals surface area contributed by atoms with Crippen molar-refractivity contribution in [3.05, 3.63) is 41.5 Å². The lowest BCUT2D eigenvalue weighted by Gasteiger charge is -2.07. The predicted octanol–water partition coefficient (Wildman–Crippen LogP) is 1.90. The van der Waals surface area contributed by atoms with E-state index >= 15 is 0 Å². The van der Waals surface area contributed by atoms with Gasteiger partial charge in [0.15, 0.2) is 5.82 Å². The largest absolute Gasteiger partial charge is 0.390 e. The van der Waals surface area contributed by atoms with Crippen LogP contribution in [0.5, 0.6) is 0 Å². The summed E-state index contributed by atoms with van der Waals surface area (Å²) < 4.78 is 0. The van der Waals surface area contributed by atoms with Gasteiger partial charge in [-0.15, -0.1) is 0 Å². The zero-order valence-electron chi connectivity index (χ0n) is 10.0. The lowest BCUT2D eigenvalue weighted by Crippen LogP contribution is -2.00. The lowest BCUT2D eigenvalue weighted by molar-refractivity contribution is 0.276. The van der Waals surface area contributed by atoms with Gasteiger partial charge < -0.3 is 5.11 Å². The molecular weight excluding hydrogens is 214 g/mol. The van der Waals surface area contributed by atoms with Crippen LogP contribution in [-0.4, -0.2) is 20.1 Å². The number of aliphatic hydroxyl groups is 1. The van der Waals surface area contributed by atoms with Crippen LogP contribution < -0.4 is 0 Å². The average Bonchev–Trinajstić information content (AvgIpc) is 2.37. The number of aryl methyl sites for hydroxylation is 2. The number of hydrogen-bond acceptors (Lipinski definition) is 4. The molecule has 4 heteroatoms. The van der Waals surface area contributed by atoms with E-state index in [-0.39, 0.29) is 6.61 Å². The molecule has 0 aliphatic heterocycles. The summed E-state index contributed by atoms with van der Waals surface area (Å²) in [5, 5.41) is 9.16. The van der Waals surface area contributed by atoms with Gasteiger partial charge >= 0.3 is 0 Å². The smallest absolute Gasteiger partial charge is 0.160 e. The molecule has 2 rings (SSSR count). The third kappa shape index (κ3) is 2.47. The van der Waals surface area contributed by atoms with Gasteiger partial charge in [0.25, 0.3) is 0 Å². The minimum atomic E-state index is -0.0666. The van der Waals surface area contributed by atoms with E-state index in [0.717, 1.165) is 23.2 Å². The Kier molecular flexibility index (Phi) is 3.44. The van der Waals surface area contributed by atoms with Crippen molar-refractivity contribution in [2.75, 3.05) is 0 Å². The summed E-state index contributed by atoms with van der Waals surface area (Å²) in [7, 11) is 0. The Balaban J connectivity index is 2.55. The Morgan fingerprint density at radius 2 is 2.12 bits per heavy atom. The average molecular weight is 229 g/mol. The maximum absolute atomic E-state index is 9.16. The highest BCUT2D eigenvalue weighted by molar-refractivity contribution is 5.59. The van der Waals surface area contributed by atoms with Crippen LogP contribution in [0.1, 0.15) is 23.9 Å². The van der Waals surface area contributed by atoms with Crippen molar-refractivity contribution in [3.63, 3.8) is 0 Å². The highest BCUT2D eigenvalue weighted by atomic mass is 16.3. The summed E-state index contributed by atoms with van der Waals surface area (Å²) in [5.41, 5.74) is 3.60. The molecule has 2 heterocycles. The second-order valence-electron chi connectivity index (χ2n) is 3.87. The number of aromatic nitrogens is 3. The highest BCUT2D eigenvalue weighted by Crippen LogP contribution is 2.20. The molecule has 0 saturated carbocycles. The van der Waals surface area contributed by atoms with Crippen LogP contribution >= 0.6 is 0 Å². The molecular formula is C13H15N3O. The summed E-state index contributed by atoms with van der Waals surface area (Å²) in [4.78, 5) is 12.9. The van der Waals surface area contributed by atoms with E-state index in [2.05, 4.69) is 21.9 Å². The van der Waals surface area contributed by atoms with E-state index in [9.17, 15) is 0 Å². The van der Waals surface area contributed by atoms with Gasteiger partial charge in [-0.25, -0.2) is 9.97 Å². The first kappa shape index (κ1) is 11.7. The minimum Gasteiger partial charge on any atom is -0.390 e. The van der Waals surface area contributed by atoms with Gasteiger partial charge in [0.1, 0.15) is 0 Å². The third-order valence-corrected chi connectivity index (χ3v) is 2.59. The van der Waals surface area contributed by atoms with Gasteiger partial charge in [0.2, 0.25) is 0 Å². The summed E-state index contributed by atoms with van der Waals surface area (Å²) in [6.07, 6.45) is 4.45. The second kappa shape index (κ2) is 5.01. The Labute approximate surface area is 100 Å². The van der Waals surface area contributed by atoms with E-state index in [0.29, 0.717) is 11.5 Å². The van der Waals surface area contributed by atoms with Gasteiger partial charge in [-0.1, -0.05) is 6.92 Å². The predicted molar refractivity (Wildman–Crippen MR) is 65.3 cm³/mol. The van der Waals surface area contributed by atoms with E-state index in [4.69, 9.17) is 5.11 Å². The van der Waals surface area contributed by atoms with Crippen LogP contribution in [0.3, 0.4) is 0 Å². The van der Waals surface area contributed by atoms with Crippen molar-refractivity contribution >= 4 is 0 Å². The maximum atomic E-state index is 9.16. The fourth-order valence-electron chi connectivity index (χ4n) is 1.76. The van der Waals surface area contributed by atoms with Crippen molar-refractivity contribution in [1.29, 1.82) is 0 Å². The monoisotopic (exact) mass is 229 g/mol. The van der Waals surface area contributed by atoms with Crippen LogP contribution in [-0.2, 0) is 13.0 Å². The van der Waals surface area contributed by atoms with Crippen molar-refractivity contribution < 1.29 is 5.11 Å². The molecule has 0 fully saturated rings. The summed E-state index contributed by atoms with van der Waals surface area (Å²) in [6.45, 7) is 3.91. The first-order valence-electron chi connectivity index (χ1n) is 5.63. The first-order chi connectivity index (χ1) is 8.24. The van der Waals surface area contributed by atoms with Gasteiger partial charge in [0.05, 0.1) is 12.3 Å². The Hall–Kier alpha value is -1.81. The first-order valence-corrected chi connectivity index (χ1v) is 5.63. The molecule has 17 heavy (non-hydrogen) atoms. The quantitative estimate of drug-likeness (QED) is 0.873. The van der Waals surface area contributed by atoms with Gasteiger partial charge in [-0.2, -0.15) is 0 Å². The zero-order chi connectivity index (χ0) is 12.3. The van der Waals surface area contributed by atoms with E-state index in [1.807, 2.05) is 19.2 Å². The number of pyridine rings is 1. The number of nitrogens with zero attached hydrogens (tertiary/aromatic N) is 3. The molecule has 1 N–H and O–H groups in total. The molecule has 0 amide bonds. The molecule has 88 valence electrons. The molecule has 0 unspecified atom stereocenters. The van der Waals surface area contributed by atoms with E-state index in [1.54, 1.807) is 12.3 Å². The molecule has 2 aromatic rings. The van der Waals surface area contributed by atoms with Gasteiger partial charge in [0, 0.05) is 23.7 Å². The summed E-state index contributed by atoms with van der Waals surface area (Å²) in [6, 6.07) is 3.70. The number of rotatable bonds is 3. The number of aliphatic hydroxyl groups excluding tert-OH is 1. The van der Waals surface area contributed by atoms with Crippen LogP contribution in [0.15, 0.2) is 24.5 Å². The van der Waals surface area contributed by atoms with E-state index in [1.165, 1.54) is 0 Å². The van der Waals surface area contributed by atoms with Crippen molar-refractivity contribution in [3.8, 4) is 11.4 Å². The molecule has 2 aromatic heterocycles. The van der Waals surface area contributed by atoms with Crippen LogP contribution in [0.4, 0.5) is 0 Å². The second-order valence-corrected chi connectivity index (χ2v) is 3.87. The van der Waals surface area contributed by atoms with Crippen LogP contribution in [0.25, 0.3) is 11.4 Å². The van der Waals surface area contributed by atoms with Crippen LogP contribution in [0, 0.1) is 6.92 Å². The molecule has 0 spiro atoms.